The summed E-state index contributed by atoms with van der Waals surface area (Å²) in [7, 11) is -1.11. The van der Waals surface area contributed by atoms with Crippen molar-refractivity contribution in [3.05, 3.63) is 90.0 Å². The van der Waals surface area contributed by atoms with Crippen molar-refractivity contribution in [1.29, 1.82) is 0 Å². The molecule has 1 atom stereocenters. The van der Waals surface area contributed by atoms with Gasteiger partial charge in [-0.3, -0.25) is 0 Å². The maximum absolute atomic E-state index is 13.7. The zero-order chi connectivity index (χ0) is 23.6. The van der Waals surface area contributed by atoms with Gasteiger partial charge >= 0.3 is 6.18 Å². The predicted octanol–water partition coefficient (Wildman–Crippen LogP) is 6.19. The van der Waals surface area contributed by atoms with Crippen molar-refractivity contribution in [2.24, 2.45) is 4.99 Å². The standard InChI is InChI=1S/C27H27F3NOP/c1-4-11-24-26(2,3)32-25(31-24)22-18-19(27(28,29)30)16-17-23(22)33(20-12-7-5-8-13-20)21-14-9-6-10-15-21/h5-10,12-18,24H,4,11H2,1-3H3/t24-/m1/s1. The van der Waals surface area contributed by atoms with Crippen LogP contribution in [-0.2, 0) is 10.9 Å². The smallest absolute Gasteiger partial charge is 0.416 e. The number of rotatable bonds is 6. The molecular weight excluding hydrogens is 442 g/mol. The summed E-state index contributed by atoms with van der Waals surface area (Å²) < 4.78 is 47.3. The average Bonchev–Trinajstić information content (AvgIpc) is 3.09. The maximum atomic E-state index is 13.7. The summed E-state index contributed by atoms with van der Waals surface area (Å²) in [4.78, 5) is 4.79. The van der Waals surface area contributed by atoms with Crippen LogP contribution in [0.1, 0.15) is 44.7 Å². The van der Waals surface area contributed by atoms with E-state index in [9.17, 15) is 13.2 Å². The van der Waals surface area contributed by atoms with Crippen LogP contribution in [0.5, 0.6) is 0 Å². The molecule has 0 radical (unpaired) electrons. The summed E-state index contributed by atoms with van der Waals surface area (Å²) in [5.41, 5.74) is -0.838. The largest absolute Gasteiger partial charge is 0.469 e. The molecule has 1 heterocycles. The molecule has 0 aliphatic carbocycles. The van der Waals surface area contributed by atoms with Crippen LogP contribution in [0.3, 0.4) is 0 Å². The van der Waals surface area contributed by atoms with Crippen LogP contribution in [0.2, 0.25) is 0 Å². The van der Waals surface area contributed by atoms with Crippen LogP contribution >= 0.6 is 7.92 Å². The van der Waals surface area contributed by atoms with Gasteiger partial charge in [0.1, 0.15) is 5.60 Å². The van der Waals surface area contributed by atoms with Crippen molar-refractivity contribution in [2.75, 3.05) is 0 Å². The normalized spacial score (nSPS) is 17.7. The number of alkyl halides is 3. The van der Waals surface area contributed by atoms with Crippen LogP contribution in [0.4, 0.5) is 13.2 Å². The molecule has 1 aliphatic rings. The number of aliphatic imine (C=N–C) groups is 1. The Balaban J connectivity index is 1.93. The van der Waals surface area contributed by atoms with E-state index in [1.807, 2.05) is 74.5 Å². The Kier molecular flexibility index (Phi) is 6.63. The first-order valence-corrected chi connectivity index (χ1v) is 12.4. The second kappa shape index (κ2) is 9.30. The summed E-state index contributed by atoms with van der Waals surface area (Å²) in [6.45, 7) is 5.98. The van der Waals surface area contributed by atoms with Crippen molar-refractivity contribution in [3.8, 4) is 0 Å². The molecule has 0 spiro atoms. The third-order valence-corrected chi connectivity index (χ3v) is 8.32. The van der Waals surface area contributed by atoms with Gasteiger partial charge in [0.05, 0.1) is 11.6 Å². The zero-order valence-corrected chi connectivity index (χ0v) is 19.8. The molecule has 0 bridgehead atoms. The van der Waals surface area contributed by atoms with Gasteiger partial charge in [-0.15, -0.1) is 0 Å². The van der Waals surface area contributed by atoms with Gasteiger partial charge in [-0.1, -0.05) is 80.1 Å². The SMILES string of the molecule is CCC[C@H]1N=C(c2cc(C(F)(F)F)ccc2P(c2ccccc2)c2ccccc2)OC1(C)C. The van der Waals surface area contributed by atoms with Crippen LogP contribution in [0.15, 0.2) is 83.9 Å². The first-order valence-electron chi connectivity index (χ1n) is 11.1. The molecule has 3 aromatic rings. The third kappa shape index (κ3) is 4.99. The van der Waals surface area contributed by atoms with E-state index in [1.54, 1.807) is 6.07 Å². The van der Waals surface area contributed by atoms with E-state index in [0.29, 0.717) is 11.5 Å². The van der Waals surface area contributed by atoms with E-state index in [2.05, 4.69) is 6.92 Å². The molecule has 4 rings (SSSR count). The topological polar surface area (TPSA) is 21.6 Å². The summed E-state index contributed by atoms with van der Waals surface area (Å²) in [6, 6.07) is 23.7. The fraction of sp³-hybridized carbons (Fsp3) is 0.296. The fourth-order valence-electron chi connectivity index (χ4n) is 4.11. The number of benzene rings is 3. The second-order valence-electron chi connectivity index (χ2n) is 8.68. The van der Waals surface area contributed by atoms with E-state index >= 15 is 0 Å². The number of nitrogens with zero attached hydrogens (tertiary/aromatic N) is 1. The minimum Gasteiger partial charge on any atom is -0.469 e. The average molecular weight is 469 g/mol. The Labute approximate surface area is 194 Å². The van der Waals surface area contributed by atoms with Gasteiger partial charge in [0, 0.05) is 5.56 Å². The maximum Gasteiger partial charge on any atom is 0.416 e. The Hall–Kier alpha value is -2.65. The van der Waals surface area contributed by atoms with E-state index in [4.69, 9.17) is 9.73 Å². The quantitative estimate of drug-likeness (QED) is 0.395. The molecule has 33 heavy (non-hydrogen) atoms. The number of hydrogen-bond donors (Lipinski definition) is 0. The lowest BCUT2D eigenvalue weighted by Crippen LogP contribution is -2.34. The van der Waals surface area contributed by atoms with E-state index in [0.717, 1.165) is 28.8 Å². The molecule has 0 N–H and O–H groups in total. The second-order valence-corrected chi connectivity index (χ2v) is 10.9. The number of ether oxygens (including phenoxy) is 1. The highest BCUT2D eigenvalue weighted by molar-refractivity contribution is 7.80. The molecule has 2 nitrogen and oxygen atoms in total. The monoisotopic (exact) mass is 469 g/mol. The van der Waals surface area contributed by atoms with Crippen LogP contribution in [-0.4, -0.2) is 17.5 Å². The predicted molar refractivity (Wildman–Crippen MR) is 131 cm³/mol. The minimum absolute atomic E-state index is 0.0976. The number of hydrogen-bond acceptors (Lipinski definition) is 2. The van der Waals surface area contributed by atoms with Crippen molar-refractivity contribution >= 4 is 29.7 Å². The molecule has 0 saturated heterocycles. The Morgan fingerprint density at radius 1 is 0.909 bits per heavy atom. The van der Waals surface area contributed by atoms with Crippen molar-refractivity contribution in [1.82, 2.24) is 0 Å². The zero-order valence-electron chi connectivity index (χ0n) is 18.9. The summed E-state index contributed by atoms with van der Waals surface area (Å²) in [5.74, 6) is 0.305. The van der Waals surface area contributed by atoms with E-state index in [1.165, 1.54) is 12.1 Å². The molecule has 1 aliphatic heterocycles. The van der Waals surface area contributed by atoms with Crippen molar-refractivity contribution in [3.63, 3.8) is 0 Å². The minimum atomic E-state index is -4.45. The van der Waals surface area contributed by atoms with Crippen molar-refractivity contribution in [2.45, 2.75) is 51.4 Å². The molecule has 172 valence electrons. The lowest BCUT2D eigenvalue weighted by atomic mass is 9.96. The summed E-state index contributed by atoms with van der Waals surface area (Å²) >= 11 is 0. The fourth-order valence-corrected chi connectivity index (χ4v) is 6.53. The molecule has 0 saturated carbocycles. The summed E-state index contributed by atoms with van der Waals surface area (Å²) in [5, 5.41) is 2.92. The number of halogens is 3. The van der Waals surface area contributed by atoms with Crippen LogP contribution in [0, 0.1) is 0 Å². The van der Waals surface area contributed by atoms with Gasteiger partial charge in [0.2, 0.25) is 5.90 Å². The van der Waals surface area contributed by atoms with Gasteiger partial charge in [-0.05, 0) is 56.2 Å². The summed E-state index contributed by atoms with van der Waals surface area (Å²) in [6.07, 6.45) is -2.71. The van der Waals surface area contributed by atoms with Gasteiger partial charge in [0.15, 0.2) is 0 Å². The first-order chi connectivity index (χ1) is 15.7. The highest BCUT2D eigenvalue weighted by atomic mass is 31.1. The third-order valence-electron chi connectivity index (χ3n) is 5.82. The highest BCUT2D eigenvalue weighted by Gasteiger charge is 2.40. The van der Waals surface area contributed by atoms with Gasteiger partial charge < -0.3 is 4.74 Å². The van der Waals surface area contributed by atoms with Crippen molar-refractivity contribution < 1.29 is 17.9 Å². The van der Waals surface area contributed by atoms with Gasteiger partial charge in [-0.25, -0.2) is 4.99 Å². The molecule has 0 amide bonds. The van der Waals surface area contributed by atoms with E-state index in [-0.39, 0.29) is 6.04 Å². The molecule has 0 aromatic heterocycles. The Morgan fingerprint density at radius 2 is 1.48 bits per heavy atom. The van der Waals surface area contributed by atoms with Crippen LogP contribution in [0.25, 0.3) is 0 Å². The van der Waals surface area contributed by atoms with Crippen LogP contribution < -0.4 is 15.9 Å². The van der Waals surface area contributed by atoms with E-state index < -0.39 is 25.3 Å². The highest BCUT2D eigenvalue weighted by Crippen LogP contribution is 2.39. The Bertz CT molecular complexity index is 1090. The first kappa shape index (κ1) is 23.5. The lowest BCUT2D eigenvalue weighted by Gasteiger charge is -2.26. The van der Waals surface area contributed by atoms with Gasteiger partial charge in [-0.2, -0.15) is 13.2 Å². The lowest BCUT2D eigenvalue weighted by molar-refractivity contribution is -0.137. The van der Waals surface area contributed by atoms with Gasteiger partial charge in [0.25, 0.3) is 0 Å². The molecule has 6 heteroatoms. The molecular formula is C27H27F3NOP. The molecule has 0 fully saturated rings. The molecule has 3 aromatic carbocycles. The molecule has 0 unspecified atom stereocenters. The Morgan fingerprint density at radius 3 is 2.00 bits per heavy atom.